The van der Waals surface area contributed by atoms with Crippen LogP contribution in [0.2, 0.25) is 5.02 Å². The number of carbonyl (C=O) groups is 1. The minimum Gasteiger partial charge on any atom is -0.336 e. The fourth-order valence-electron chi connectivity index (χ4n) is 3.96. The third-order valence-corrected chi connectivity index (χ3v) is 6.46. The number of piperazine rings is 1. The van der Waals surface area contributed by atoms with Crippen molar-refractivity contribution in [3.05, 3.63) is 87.2 Å². The summed E-state index contributed by atoms with van der Waals surface area (Å²) in [4.78, 5) is 16.7. The van der Waals surface area contributed by atoms with Crippen LogP contribution >= 0.6 is 11.6 Å². The lowest BCUT2D eigenvalue weighted by Crippen LogP contribution is -2.48. The van der Waals surface area contributed by atoms with Crippen LogP contribution in [0.3, 0.4) is 0 Å². The first-order valence-corrected chi connectivity index (χ1v) is 10.9. The molecule has 8 heteroatoms. The van der Waals surface area contributed by atoms with Crippen molar-refractivity contribution in [1.82, 2.24) is 19.6 Å². The predicted molar refractivity (Wildman–Crippen MR) is 120 cm³/mol. The zero-order valence-corrected chi connectivity index (χ0v) is 18.9. The van der Waals surface area contributed by atoms with Crippen molar-refractivity contribution in [1.29, 1.82) is 0 Å². The van der Waals surface area contributed by atoms with Gasteiger partial charge in [0.2, 0.25) is 0 Å². The molecular weight excluding hydrogens is 434 g/mol. The number of hydrogen-bond donors (Lipinski definition) is 0. The Morgan fingerprint density at radius 3 is 2.31 bits per heavy atom. The molecule has 5 nitrogen and oxygen atoms in total. The Kier molecular flexibility index (Phi) is 6.58. The molecule has 1 fully saturated rings. The van der Waals surface area contributed by atoms with Crippen molar-refractivity contribution in [2.24, 2.45) is 0 Å². The maximum absolute atomic E-state index is 13.9. The molecule has 0 bridgehead atoms. The minimum atomic E-state index is -0.833. The molecule has 1 aliphatic heterocycles. The van der Waals surface area contributed by atoms with Gasteiger partial charge in [0.15, 0.2) is 11.6 Å². The van der Waals surface area contributed by atoms with Crippen molar-refractivity contribution in [3.63, 3.8) is 0 Å². The molecule has 168 valence electrons. The van der Waals surface area contributed by atoms with E-state index < -0.39 is 11.6 Å². The quantitative estimate of drug-likeness (QED) is 0.567. The number of aromatic nitrogens is 2. The molecule has 0 unspecified atom stereocenters. The van der Waals surface area contributed by atoms with Crippen molar-refractivity contribution < 1.29 is 13.6 Å². The van der Waals surface area contributed by atoms with Gasteiger partial charge in [-0.05, 0) is 37.6 Å². The van der Waals surface area contributed by atoms with Gasteiger partial charge in [0, 0.05) is 43.9 Å². The van der Waals surface area contributed by atoms with Crippen LogP contribution in [-0.4, -0.2) is 51.7 Å². The van der Waals surface area contributed by atoms with Gasteiger partial charge < -0.3 is 4.90 Å². The lowest BCUT2D eigenvalue weighted by atomic mass is 10.1. The summed E-state index contributed by atoms with van der Waals surface area (Å²) in [7, 11) is 0. The van der Waals surface area contributed by atoms with Gasteiger partial charge in [0.25, 0.3) is 5.91 Å². The second kappa shape index (κ2) is 9.38. The largest absolute Gasteiger partial charge is 0.336 e. The van der Waals surface area contributed by atoms with E-state index in [0.29, 0.717) is 55.4 Å². The van der Waals surface area contributed by atoms with Crippen molar-refractivity contribution in [2.45, 2.75) is 26.9 Å². The number of benzene rings is 2. The Balaban J connectivity index is 1.34. The Morgan fingerprint density at radius 1 is 1.00 bits per heavy atom. The molecule has 0 saturated carbocycles. The zero-order chi connectivity index (χ0) is 22.8. The van der Waals surface area contributed by atoms with E-state index in [2.05, 4.69) is 5.10 Å². The van der Waals surface area contributed by atoms with E-state index in [9.17, 15) is 13.6 Å². The van der Waals surface area contributed by atoms with Crippen LogP contribution in [0.4, 0.5) is 8.78 Å². The van der Waals surface area contributed by atoms with E-state index in [1.165, 1.54) is 6.07 Å². The smallest absolute Gasteiger partial charge is 0.253 e. The first kappa shape index (κ1) is 22.4. The lowest BCUT2D eigenvalue weighted by Gasteiger charge is -2.34. The van der Waals surface area contributed by atoms with Crippen LogP contribution in [0.15, 0.2) is 42.5 Å². The summed E-state index contributed by atoms with van der Waals surface area (Å²) in [6.45, 7) is 7.03. The Bertz CT molecular complexity index is 1120. The Morgan fingerprint density at radius 2 is 1.69 bits per heavy atom. The van der Waals surface area contributed by atoms with Crippen LogP contribution in [0.25, 0.3) is 0 Å². The van der Waals surface area contributed by atoms with E-state index in [-0.39, 0.29) is 5.91 Å². The summed E-state index contributed by atoms with van der Waals surface area (Å²) < 4.78 is 29.2. The van der Waals surface area contributed by atoms with Gasteiger partial charge in [-0.25, -0.2) is 8.78 Å². The molecule has 1 amide bonds. The molecule has 2 aromatic carbocycles. The summed E-state index contributed by atoms with van der Waals surface area (Å²) >= 11 is 6.22. The standard InChI is InChI=1S/C24H25ClF2N4O/c1-16-22(25)17(2)31(28-16)14-18-6-8-19(9-7-18)24(32)30-12-10-29(11-13-30)15-20-4-3-5-21(26)23(20)27/h3-9H,10-15H2,1-2H3. The van der Waals surface area contributed by atoms with Gasteiger partial charge in [-0.2, -0.15) is 5.10 Å². The highest BCUT2D eigenvalue weighted by Crippen LogP contribution is 2.20. The van der Waals surface area contributed by atoms with Crippen molar-refractivity contribution >= 4 is 17.5 Å². The van der Waals surface area contributed by atoms with E-state index in [0.717, 1.165) is 23.0 Å². The lowest BCUT2D eigenvalue weighted by molar-refractivity contribution is 0.0627. The van der Waals surface area contributed by atoms with E-state index >= 15 is 0 Å². The number of nitrogens with zero attached hydrogens (tertiary/aromatic N) is 4. The minimum absolute atomic E-state index is 0.0257. The molecule has 0 aliphatic carbocycles. The summed E-state index contributed by atoms with van der Waals surface area (Å²) in [6, 6.07) is 11.8. The van der Waals surface area contributed by atoms with Gasteiger partial charge in [-0.1, -0.05) is 35.9 Å². The molecule has 2 heterocycles. The van der Waals surface area contributed by atoms with Crippen molar-refractivity contribution in [3.8, 4) is 0 Å². The topological polar surface area (TPSA) is 41.4 Å². The van der Waals surface area contributed by atoms with E-state index in [4.69, 9.17) is 11.6 Å². The normalized spacial score (nSPS) is 14.7. The maximum Gasteiger partial charge on any atom is 0.253 e. The second-order valence-electron chi connectivity index (χ2n) is 8.12. The summed E-state index contributed by atoms with van der Waals surface area (Å²) in [6.07, 6.45) is 0. The van der Waals surface area contributed by atoms with E-state index in [1.807, 2.05) is 47.7 Å². The van der Waals surface area contributed by atoms with Crippen molar-refractivity contribution in [2.75, 3.05) is 26.2 Å². The molecule has 0 radical (unpaired) electrons. The average molecular weight is 459 g/mol. The Labute approximate surface area is 191 Å². The molecule has 0 atom stereocenters. The monoisotopic (exact) mass is 458 g/mol. The average Bonchev–Trinajstić information content (AvgIpc) is 3.04. The third-order valence-electron chi connectivity index (χ3n) is 5.91. The fourth-order valence-corrected chi connectivity index (χ4v) is 4.09. The molecule has 32 heavy (non-hydrogen) atoms. The van der Waals surface area contributed by atoms with Gasteiger partial charge >= 0.3 is 0 Å². The number of carbonyl (C=O) groups excluding carboxylic acids is 1. The van der Waals surface area contributed by atoms with Gasteiger partial charge in [0.1, 0.15) is 0 Å². The molecule has 1 saturated heterocycles. The molecule has 0 spiro atoms. The summed E-state index contributed by atoms with van der Waals surface area (Å²) in [5, 5.41) is 5.12. The first-order valence-electron chi connectivity index (χ1n) is 10.6. The molecule has 3 aromatic rings. The molecule has 4 rings (SSSR count). The van der Waals surface area contributed by atoms with Crippen LogP contribution in [0.5, 0.6) is 0 Å². The highest BCUT2D eigenvalue weighted by molar-refractivity contribution is 6.31. The predicted octanol–water partition coefficient (Wildman–Crippen LogP) is 4.44. The number of aryl methyl sites for hydroxylation is 1. The highest BCUT2D eigenvalue weighted by atomic mass is 35.5. The van der Waals surface area contributed by atoms with Crippen LogP contribution < -0.4 is 0 Å². The van der Waals surface area contributed by atoms with Crippen LogP contribution in [0.1, 0.15) is 32.9 Å². The van der Waals surface area contributed by atoms with Gasteiger partial charge in [0.05, 0.1) is 23.0 Å². The number of amides is 1. The number of halogens is 3. The summed E-state index contributed by atoms with van der Waals surface area (Å²) in [5.41, 5.74) is 3.72. The second-order valence-corrected chi connectivity index (χ2v) is 8.50. The number of hydrogen-bond acceptors (Lipinski definition) is 3. The number of rotatable bonds is 5. The first-order chi connectivity index (χ1) is 15.3. The zero-order valence-electron chi connectivity index (χ0n) is 18.1. The van der Waals surface area contributed by atoms with Crippen LogP contribution in [-0.2, 0) is 13.1 Å². The van der Waals surface area contributed by atoms with E-state index in [1.54, 1.807) is 11.0 Å². The van der Waals surface area contributed by atoms with Crippen LogP contribution in [0, 0.1) is 25.5 Å². The molecule has 1 aliphatic rings. The molecule has 0 N–H and O–H groups in total. The molecular formula is C24H25ClF2N4O. The van der Waals surface area contributed by atoms with Gasteiger partial charge in [-0.3, -0.25) is 14.4 Å². The fraction of sp³-hybridized carbons (Fsp3) is 0.333. The SMILES string of the molecule is Cc1nn(Cc2ccc(C(=O)N3CCN(Cc4cccc(F)c4F)CC3)cc2)c(C)c1Cl. The maximum atomic E-state index is 13.9. The third kappa shape index (κ3) is 4.69. The van der Waals surface area contributed by atoms with Gasteiger partial charge in [-0.15, -0.1) is 0 Å². The highest BCUT2D eigenvalue weighted by Gasteiger charge is 2.23. The summed E-state index contributed by atoms with van der Waals surface area (Å²) in [5.74, 6) is -1.66. The Hall–Kier alpha value is -2.77. The molecule has 1 aromatic heterocycles.